The second-order valence-corrected chi connectivity index (χ2v) is 5.64. The summed E-state index contributed by atoms with van der Waals surface area (Å²) in [5.41, 5.74) is 2.11. The number of benzene rings is 1. The molecule has 1 aromatic carbocycles. The molecule has 3 nitrogen and oxygen atoms in total. The monoisotopic (exact) mass is 323 g/mol. The Morgan fingerprint density at radius 2 is 2.00 bits per heavy atom. The van der Waals surface area contributed by atoms with Gasteiger partial charge in [0.1, 0.15) is 0 Å². The molecule has 0 amide bonds. The van der Waals surface area contributed by atoms with E-state index in [0.717, 1.165) is 35.1 Å². The molecule has 2 aromatic rings. The van der Waals surface area contributed by atoms with Gasteiger partial charge in [0.2, 0.25) is 0 Å². The third-order valence-electron chi connectivity index (χ3n) is 3.07. The van der Waals surface area contributed by atoms with Gasteiger partial charge in [-0.15, -0.1) is 0 Å². The van der Waals surface area contributed by atoms with Crippen molar-refractivity contribution in [2.24, 2.45) is 0 Å². The number of nitrogens with zero attached hydrogens (tertiary/aromatic N) is 1. The molecule has 2 rings (SSSR count). The molecule has 0 aliphatic heterocycles. The first-order valence-corrected chi connectivity index (χ1v) is 7.07. The molecule has 1 N–H and O–H groups in total. The fourth-order valence-electron chi connectivity index (χ4n) is 1.97. The molecule has 0 fully saturated rings. The van der Waals surface area contributed by atoms with E-state index >= 15 is 0 Å². The van der Waals surface area contributed by atoms with Crippen molar-refractivity contribution in [1.82, 2.24) is 4.90 Å². The van der Waals surface area contributed by atoms with Crippen LogP contribution in [0.2, 0.25) is 0 Å². The Labute approximate surface area is 122 Å². The molecule has 0 spiro atoms. The first-order chi connectivity index (χ1) is 9.15. The Balaban J connectivity index is 1.79. The number of furan rings is 1. The zero-order chi connectivity index (χ0) is 13.7. The molecule has 1 atom stereocenters. The van der Waals surface area contributed by atoms with Crippen LogP contribution >= 0.6 is 15.9 Å². The molecular weight excluding hydrogens is 306 g/mol. The van der Waals surface area contributed by atoms with Crippen molar-refractivity contribution in [2.75, 3.05) is 13.6 Å². The third kappa shape index (κ3) is 4.49. The molecule has 0 saturated carbocycles. The molecule has 0 aliphatic carbocycles. The van der Waals surface area contributed by atoms with Gasteiger partial charge in [-0.05, 0) is 37.2 Å². The van der Waals surface area contributed by atoms with Crippen molar-refractivity contribution in [3.8, 4) is 0 Å². The lowest BCUT2D eigenvalue weighted by Gasteiger charge is -2.18. The van der Waals surface area contributed by atoms with E-state index < -0.39 is 6.10 Å². The van der Waals surface area contributed by atoms with E-state index in [1.807, 2.05) is 37.4 Å². The van der Waals surface area contributed by atoms with Gasteiger partial charge in [-0.1, -0.05) is 28.1 Å². The summed E-state index contributed by atoms with van der Waals surface area (Å²) in [4.78, 5) is 2.17. The minimum Gasteiger partial charge on any atom is -0.472 e. The van der Waals surface area contributed by atoms with Crippen LogP contribution in [-0.2, 0) is 6.54 Å². The maximum Gasteiger partial charge on any atom is 0.0947 e. The third-order valence-corrected chi connectivity index (χ3v) is 3.60. The first-order valence-electron chi connectivity index (χ1n) is 6.28. The normalized spacial score (nSPS) is 12.8. The van der Waals surface area contributed by atoms with Crippen LogP contribution in [0.25, 0.3) is 0 Å². The molecule has 102 valence electrons. The quantitative estimate of drug-likeness (QED) is 0.882. The van der Waals surface area contributed by atoms with Gasteiger partial charge in [-0.2, -0.15) is 0 Å². The molecule has 0 saturated heterocycles. The highest BCUT2D eigenvalue weighted by molar-refractivity contribution is 9.10. The van der Waals surface area contributed by atoms with Gasteiger partial charge >= 0.3 is 0 Å². The summed E-state index contributed by atoms with van der Waals surface area (Å²) in [5, 5.41) is 10.1. The lowest BCUT2D eigenvalue weighted by atomic mass is 10.1. The highest BCUT2D eigenvalue weighted by atomic mass is 79.9. The number of hydrogen-bond donors (Lipinski definition) is 1. The summed E-state index contributed by atoms with van der Waals surface area (Å²) in [6.45, 7) is 1.67. The Bertz CT molecular complexity index is 481. The van der Waals surface area contributed by atoms with Gasteiger partial charge in [0.25, 0.3) is 0 Å². The van der Waals surface area contributed by atoms with Crippen LogP contribution < -0.4 is 0 Å². The smallest absolute Gasteiger partial charge is 0.0947 e. The highest BCUT2D eigenvalue weighted by Gasteiger charge is 2.09. The molecular formula is C15H18BrNO2. The van der Waals surface area contributed by atoms with Crippen molar-refractivity contribution < 1.29 is 9.52 Å². The average Bonchev–Trinajstić information content (AvgIpc) is 2.89. The van der Waals surface area contributed by atoms with E-state index in [9.17, 15) is 5.11 Å². The number of aliphatic hydroxyl groups excluding tert-OH is 1. The molecule has 0 radical (unpaired) electrons. The minimum atomic E-state index is -0.417. The topological polar surface area (TPSA) is 36.6 Å². The van der Waals surface area contributed by atoms with E-state index in [-0.39, 0.29) is 0 Å². The van der Waals surface area contributed by atoms with E-state index in [2.05, 4.69) is 20.8 Å². The maximum absolute atomic E-state index is 10.1. The number of halogens is 1. The lowest BCUT2D eigenvalue weighted by Crippen LogP contribution is -2.20. The zero-order valence-electron chi connectivity index (χ0n) is 10.9. The fraction of sp³-hybridized carbons (Fsp3) is 0.333. The largest absolute Gasteiger partial charge is 0.472 e. The van der Waals surface area contributed by atoms with Crippen LogP contribution in [0, 0.1) is 0 Å². The lowest BCUT2D eigenvalue weighted by molar-refractivity contribution is 0.147. The fourth-order valence-corrected chi connectivity index (χ4v) is 2.23. The summed E-state index contributed by atoms with van der Waals surface area (Å²) in [6.07, 6.45) is 3.73. The Morgan fingerprint density at radius 1 is 1.26 bits per heavy atom. The Kier molecular flexibility index (Phi) is 5.19. The summed E-state index contributed by atoms with van der Waals surface area (Å²) < 4.78 is 6.07. The average molecular weight is 324 g/mol. The molecule has 1 aromatic heterocycles. The molecule has 1 heterocycles. The number of aliphatic hydroxyl groups is 1. The highest BCUT2D eigenvalue weighted by Crippen LogP contribution is 2.19. The SMILES string of the molecule is CN(CCC(O)c1ccc(Br)cc1)Cc1ccoc1. The molecule has 0 aliphatic rings. The number of rotatable bonds is 6. The van der Waals surface area contributed by atoms with Crippen molar-refractivity contribution in [3.63, 3.8) is 0 Å². The molecule has 1 unspecified atom stereocenters. The van der Waals surface area contributed by atoms with Gasteiger partial charge in [0, 0.05) is 23.1 Å². The second-order valence-electron chi connectivity index (χ2n) is 4.73. The predicted octanol–water partition coefficient (Wildman–Crippen LogP) is 3.60. The van der Waals surface area contributed by atoms with Gasteiger partial charge < -0.3 is 14.4 Å². The van der Waals surface area contributed by atoms with Crippen LogP contribution in [0.15, 0.2) is 51.7 Å². The van der Waals surface area contributed by atoms with Crippen molar-refractivity contribution >= 4 is 15.9 Å². The summed E-state index contributed by atoms with van der Waals surface area (Å²) >= 11 is 3.39. The van der Waals surface area contributed by atoms with E-state index in [4.69, 9.17) is 4.42 Å². The van der Waals surface area contributed by atoms with E-state index in [0.29, 0.717) is 0 Å². The van der Waals surface area contributed by atoms with Crippen LogP contribution in [0.1, 0.15) is 23.7 Å². The van der Waals surface area contributed by atoms with Crippen molar-refractivity contribution in [3.05, 3.63) is 58.5 Å². The van der Waals surface area contributed by atoms with E-state index in [1.54, 1.807) is 12.5 Å². The number of hydrogen-bond acceptors (Lipinski definition) is 3. The Hall–Kier alpha value is -1.10. The van der Waals surface area contributed by atoms with Gasteiger partial charge in [0.05, 0.1) is 18.6 Å². The van der Waals surface area contributed by atoms with Gasteiger partial charge in [-0.3, -0.25) is 0 Å². The molecule has 19 heavy (non-hydrogen) atoms. The first kappa shape index (κ1) is 14.3. The van der Waals surface area contributed by atoms with Crippen LogP contribution in [0.5, 0.6) is 0 Å². The second kappa shape index (κ2) is 6.89. The van der Waals surface area contributed by atoms with Gasteiger partial charge in [0.15, 0.2) is 0 Å². The van der Waals surface area contributed by atoms with Crippen LogP contribution in [0.4, 0.5) is 0 Å². The summed E-state index contributed by atoms with van der Waals surface area (Å²) in [7, 11) is 2.04. The maximum atomic E-state index is 10.1. The van der Waals surface area contributed by atoms with Crippen LogP contribution in [0.3, 0.4) is 0 Å². The minimum absolute atomic E-state index is 0.417. The standard InChI is InChI=1S/C15H18BrNO2/c1-17(10-12-7-9-19-11-12)8-6-15(18)13-2-4-14(16)5-3-13/h2-5,7,9,11,15,18H,6,8,10H2,1H3. The van der Waals surface area contributed by atoms with Crippen molar-refractivity contribution in [2.45, 2.75) is 19.1 Å². The predicted molar refractivity (Wildman–Crippen MR) is 78.8 cm³/mol. The molecule has 0 bridgehead atoms. The molecule has 4 heteroatoms. The van der Waals surface area contributed by atoms with Crippen molar-refractivity contribution in [1.29, 1.82) is 0 Å². The Morgan fingerprint density at radius 3 is 2.63 bits per heavy atom. The summed E-state index contributed by atoms with van der Waals surface area (Å²) in [5.74, 6) is 0. The van der Waals surface area contributed by atoms with Gasteiger partial charge in [-0.25, -0.2) is 0 Å². The zero-order valence-corrected chi connectivity index (χ0v) is 12.5. The van der Waals surface area contributed by atoms with E-state index in [1.165, 1.54) is 0 Å². The summed E-state index contributed by atoms with van der Waals surface area (Å²) in [6, 6.07) is 9.76. The van der Waals surface area contributed by atoms with Crippen LogP contribution in [-0.4, -0.2) is 23.6 Å².